The summed E-state index contributed by atoms with van der Waals surface area (Å²) >= 11 is 0. The summed E-state index contributed by atoms with van der Waals surface area (Å²) in [6, 6.07) is 9.81. The van der Waals surface area contributed by atoms with Gasteiger partial charge in [0, 0.05) is 11.8 Å². The van der Waals surface area contributed by atoms with E-state index in [1.54, 1.807) is 30.3 Å². The van der Waals surface area contributed by atoms with Gasteiger partial charge >= 0.3 is 5.69 Å². The first-order valence-electron chi connectivity index (χ1n) is 7.59. The lowest BCUT2D eigenvalue weighted by Crippen LogP contribution is -2.36. The van der Waals surface area contributed by atoms with Gasteiger partial charge in [0.25, 0.3) is 5.91 Å². The Kier molecular flexibility index (Phi) is 4.91. The largest absolute Gasteiger partial charge is 0.394 e. The average Bonchev–Trinajstić information content (AvgIpc) is 2.91. The predicted molar refractivity (Wildman–Crippen MR) is 85.9 cm³/mol. The number of hydrogen-bond donors (Lipinski definition) is 4. The van der Waals surface area contributed by atoms with E-state index in [4.69, 9.17) is 9.84 Å². The number of rotatable bonds is 4. The number of carbonyl (C=O) groups excluding carboxylic acids is 1. The molecule has 1 aliphatic rings. The third kappa shape index (κ3) is 3.44. The molecule has 4 N–H and O–H groups in total. The highest BCUT2D eigenvalue weighted by Gasteiger charge is 2.43. The smallest absolute Gasteiger partial charge is 0.351 e. The summed E-state index contributed by atoms with van der Waals surface area (Å²) in [5.74, 6) is -0.375. The normalized spacial score (nSPS) is 25.7. The summed E-state index contributed by atoms with van der Waals surface area (Å²) in [6.45, 7) is -0.498. The van der Waals surface area contributed by atoms with Crippen LogP contribution in [0.3, 0.4) is 0 Å². The average molecular weight is 347 g/mol. The van der Waals surface area contributed by atoms with Crippen molar-refractivity contribution in [3.05, 3.63) is 58.6 Å². The molecule has 1 aliphatic heterocycles. The summed E-state index contributed by atoms with van der Waals surface area (Å²) in [5, 5.41) is 31.3. The molecule has 3 rings (SSSR count). The van der Waals surface area contributed by atoms with E-state index >= 15 is 0 Å². The van der Waals surface area contributed by atoms with Crippen molar-refractivity contribution >= 4 is 11.7 Å². The minimum atomic E-state index is -1.39. The molecule has 132 valence electrons. The number of benzene rings is 1. The first kappa shape index (κ1) is 17.2. The lowest BCUT2D eigenvalue weighted by molar-refractivity contribution is -0.0549. The molecule has 1 fully saturated rings. The summed E-state index contributed by atoms with van der Waals surface area (Å²) in [4.78, 5) is 27.9. The van der Waals surface area contributed by atoms with E-state index in [0.717, 1.165) is 4.57 Å². The SMILES string of the molecule is O=C(Nc1ccn([C@H]2O[C@@H](CO)[C@@H](O)C2O)c(=O)n1)c1ccccc1. The van der Waals surface area contributed by atoms with Crippen LogP contribution in [0.2, 0.25) is 0 Å². The summed E-state index contributed by atoms with van der Waals surface area (Å²) in [6.07, 6.45) is -3.59. The van der Waals surface area contributed by atoms with Gasteiger partial charge in [-0.05, 0) is 18.2 Å². The van der Waals surface area contributed by atoms with E-state index in [1.807, 2.05) is 0 Å². The molecule has 2 aromatic rings. The first-order valence-corrected chi connectivity index (χ1v) is 7.59. The maximum Gasteiger partial charge on any atom is 0.351 e. The van der Waals surface area contributed by atoms with Crippen LogP contribution in [0.25, 0.3) is 0 Å². The fraction of sp³-hybridized carbons (Fsp3) is 0.312. The van der Waals surface area contributed by atoms with Gasteiger partial charge in [-0.15, -0.1) is 0 Å². The van der Waals surface area contributed by atoms with Crippen LogP contribution in [0.4, 0.5) is 5.82 Å². The van der Waals surface area contributed by atoms with Crippen molar-refractivity contribution in [3.63, 3.8) is 0 Å². The highest BCUT2D eigenvalue weighted by Crippen LogP contribution is 2.28. The second-order valence-electron chi connectivity index (χ2n) is 5.55. The number of amides is 1. The maximum absolute atomic E-state index is 12.2. The van der Waals surface area contributed by atoms with Gasteiger partial charge in [0.1, 0.15) is 24.1 Å². The Morgan fingerprint density at radius 2 is 1.92 bits per heavy atom. The molecule has 0 bridgehead atoms. The van der Waals surface area contributed by atoms with Crippen LogP contribution in [0.5, 0.6) is 0 Å². The molecule has 2 heterocycles. The predicted octanol–water partition coefficient (Wildman–Crippen LogP) is -0.893. The zero-order valence-corrected chi connectivity index (χ0v) is 13.0. The maximum atomic E-state index is 12.2. The van der Waals surface area contributed by atoms with E-state index in [0.29, 0.717) is 5.56 Å². The van der Waals surface area contributed by atoms with E-state index in [2.05, 4.69) is 10.3 Å². The molecule has 0 aliphatic carbocycles. The van der Waals surface area contributed by atoms with Crippen molar-refractivity contribution in [2.24, 2.45) is 0 Å². The van der Waals surface area contributed by atoms with Gasteiger partial charge in [0.15, 0.2) is 6.23 Å². The Morgan fingerprint density at radius 3 is 2.52 bits per heavy atom. The molecule has 25 heavy (non-hydrogen) atoms. The van der Waals surface area contributed by atoms with Crippen molar-refractivity contribution in [2.75, 3.05) is 11.9 Å². The van der Waals surface area contributed by atoms with Crippen molar-refractivity contribution < 1.29 is 24.9 Å². The van der Waals surface area contributed by atoms with E-state index in [9.17, 15) is 19.8 Å². The van der Waals surface area contributed by atoms with Crippen LogP contribution in [-0.4, -0.2) is 55.7 Å². The lowest BCUT2D eigenvalue weighted by Gasteiger charge is -2.17. The van der Waals surface area contributed by atoms with Crippen LogP contribution < -0.4 is 11.0 Å². The second-order valence-corrected chi connectivity index (χ2v) is 5.55. The van der Waals surface area contributed by atoms with E-state index in [1.165, 1.54) is 12.3 Å². The number of aliphatic hydroxyl groups is 3. The van der Waals surface area contributed by atoms with Gasteiger partial charge in [-0.2, -0.15) is 4.98 Å². The zero-order valence-electron chi connectivity index (χ0n) is 13.0. The monoisotopic (exact) mass is 347 g/mol. The topological polar surface area (TPSA) is 134 Å². The highest BCUT2D eigenvalue weighted by atomic mass is 16.6. The molecule has 9 nitrogen and oxygen atoms in total. The van der Waals surface area contributed by atoms with E-state index in [-0.39, 0.29) is 5.82 Å². The molecule has 4 atom stereocenters. The summed E-state index contributed by atoms with van der Waals surface area (Å²) in [5.41, 5.74) is -0.363. The van der Waals surface area contributed by atoms with Crippen LogP contribution in [0, 0.1) is 0 Å². The van der Waals surface area contributed by atoms with Gasteiger partial charge < -0.3 is 25.4 Å². The third-order valence-electron chi connectivity index (χ3n) is 3.90. The standard InChI is InChI=1S/C16H17N3O6/c20-8-10-12(21)13(22)15(25-10)19-7-6-11(18-16(19)24)17-14(23)9-4-2-1-3-5-9/h1-7,10,12-13,15,20-22H,8H2,(H,17,18,23,24)/t10-,12+,13?,15-/m0/s1. The van der Waals surface area contributed by atoms with Gasteiger partial charge in [-0.1, -0.05) is 18.2 Å². The Balaban J connectivity index is 1.78. The van der Waals surface area contributed by atoms with Crippen LogP contribution in [-0.2, 0) is 4.74 Å². The van der Waals surface area contributed by atoms with Crippen LogP contribution in [0.1, 0.15) is 16.6 Å². The molecule has 9 heteroatoms. The fourth-order valence-electron chi connectivity index (χ4n) is 2.56. The number of aromatic nitrogens is 2. The highest BCUT2D eigenvalue weighted by molar-refractivity contribution is 6.03. The number of carbonyl (C=O) groups is 1. The minimum Gasteiger partial charge on any atom is -0.394 e. The lowest BCUT2D eigenvalue weighted by atomic mass is 10.1. The number of ether oxygens (including phenoxy) is 1. The Hall–Kier alpha value is -2.59. The molecular formula is C16H17N3O6. The molecular weight excluding hydrogens is 330 g/mol. The Morgan fingerprint density at radius 1 is 1.20 bits per heavy atom. The minimum absolute atomic E-state index is 0.0434. The molecule has 0 spiro atoms. The molecule has 0 saturated carbocycles. The van der Waals surface area contributed by atoms with Crippen molar-refractivity contribution in [3.8, 4) is 0 Å². The van der Waals surface area contributed by atoms with Crippen LogP contribution in [0.15, 0.2) is 47.4 Å². The Labute approximate surface area is 142 Å². The summed E-state index contributed by atoms with van der Waals surface area (Å²) < 4.78 is 6.27. The third-order valence-corrected chi connectivity index (χ3v) is 3.90. The van der Waals surface area contributed by atoms with Crippen molar-refractivity contribution in [1.82, 2.24) is 9.55 Å². The van der Waals surface area contributed by atoms with Gasteiger partial charge in [-0.3, -0.25) is 9.36 Å². The molecule has 1 unspecified atom stereocenters. The van der Waals surface area contributed by atoms with Crippen LogP contribution >= 0.6 is 0 Å². The van der Waals surface area contributed by atoms with Crippen molar-refractivity contribution in [1.29, 1.82) is 0 Å². The van der Waals surface area contributed by atoms with Crippen molar-refractivity contribution in [2.45, 2.75) is 24.5 Å². The molecule has 1 saturated heterocycles. The second kappa shape index (κ2) is 7.11. The zero-order chi connectivity index (χ0) is 18.0. The number of aliphatic hydroxyl groups excluding tert-OH is 3. The molecule has 0 radical (unpaired) electrons. The Bertz CT molecular complexity index is 809. The fourth-order valence-corrected chi connectivity index (χ4v) is 2.56. The molecule has 1 aromatic carbocycles. The number of anilines is 1. The summed E-state index contributed by atoms with van der Waals surface area (Å²) in [7, 11) is 0. The van der Waals surface area contributed by atoms with Gasteiger partial charge in [0.2, 0.25) is 0 Å². The molecule has 1 amide bonds. The van der Waals surface area contributed by atoms with E-state index < -0.39 is 42.7 Å². The first-order chi connectivity index (χ1) is 12.0. The number of nitrogens with zero attached hydrogens (tertiary/aromatic N) is 2. The number of hydrogen-bond acceptors (Lipinski definition) is 7. The van der Waals surface area contributed by atoms with Gasteiger partial charge in [0.05, 0.1) is 6.61 Å². The molecule has 1 aromatic heterocycles. The quantitative estimate of drug-likeness (QED) is 0.563. The number of nitrogens with one attached hydrogen (secondary N) is 1. The van der Waals surface area contributed by atoms with Gasteiger partial charge in [-0.25, -0.2) is 4.79 Å².